The summed E-state index contributed by atoms with van der Waals surface area (Å²) in [6.07, 6.45) is 0. The fraction of sp³-hybridized carbons (Fsp3) is 0.375. The molecule has 0 spiro atoms. The quantitative estimate of drug-likeness (QED) is 0.848. The molecule has 0 unspecified atom stereocenters. The molecule has 0 aliphatic rings. The van der Waals surface area contributed by atoms with Gasteiger partial charge in [0.25, 0.3) is 0 Å². The van der Waals surface area contributed by atoms with Gasteiger partial charge in [0.05, 0.1) is 10.9 Å². The summed E-state index contributed by atoms with van der Waals surface area (Å²) in [5.74, 6) is -0.267. The first-order valence-corrected chi connectivity index (χ1v) is 5.30. The molecule has 0 saturated carbocycles. The Morgan fingerprint density at radius 2 is 2.38 bits per heavy atom. The monoisotopic (exact) mass is 263 g/mol. The summed E-state index contributed by atoms with van der Waals surface area (Å²) >= 11 is 4.86. The molecule has 1 aromatic heterocycles. The Kier molecular flexibility index (Phi) is 3.90. The molecule has 0 amide bonds. The van der Waals surface area contributed by atoms with Gasteiger partial charge >= 0.3 is 5.97 Å². The van der Waals surface area contributed by atoms with E-state index in [2.05, 4.69) is 26.0 Å². The van der Waals surface area contributed by atoms with Crippen LogP contribution in [0.3, 0.4) is 0 Å². The van der Waals surface area contributed by atoms with Gasteiger partial charge in [-0.05, 0) is 35.1 Å². The molecule has 0 saturated heterocycles. The van der Waals surface area contributed by atoms with Crippen molar-refractivity contribution >= 4 is 33.2 Å². The zero-order valence-electron chi connectivity index (χ0n) is 7.33. The van der Waals surface area contributed by atoms with Crippen molar-refractivity contribution in [2.45, 2.75) is 6.04 Å². The third-order valence-electron chi connectivity index (χ3n) is 1.60. The summed E-state index contributed by atoms with van der Waals surface area (Å²) in [4.78, 5) is 12.2. The van der Waals surface area contributed by atoms with Crippen LogP contribution in [0.4, 0.5) is 0 Å². The number of ether oxygens (including phenoxy) is 1. The molecule has 72 valence electrons. The van der Waals surface area contributed by atoms with Crippen molar-refractivity contribution in [2.24, 2.45) is 0 Å². The fourth-order valence-corrected chi connectivity index (χ4v) is 2.50. The van der Waals surface area contributed by atoms with Crippen LogP contribution < -0.4 is 5.32 Å². The number of likely N-dealkylation sites (N-methyl/N-ethyl adjacent to an activating group) is 1. The third kappa shape index (κ3) is 2.52. The Morgan fingerprint density at radius 1 is 1.69 bits per heavy atom. The lowest BCUT2D eigenvalue weighted by atomic mass is 10.2. The molecule has 1 N–H and O–H groups in total. The summed E-state index contributed by atoms with van der Waals surface area (Å²) in [6, 6.07) is 3.45. The molecular formula is C8H10BrNO2S. The molecule has 0 aliphatic heterocycles. The second kappa shape index (κ2) is 4.74. The molecule has 1 atom stereocenters. The summed E-state index contributed by atoms with van der Waals surface area (Å²) < 4.78 is 5.66. The number of rotatable bonds is 3. The van der Waals surface area contributed by atoms with E-state index in [1.54, 1.807) is 7.05 Å². The summed E-state index contributed by atoms with van der Waals surface area (Å²) in [5.41, 5.74) is 0. The lowest BCUT2D eigenvalue weighted by molar-refractivity contribution is -0.143. The van der Waals surface area contributed by atoms with E-state index in [0.717, 1.165) is 8.66 Å². The van der Waals surface area contributed by atoms with Crippen LogP contribution >= 0.6 is 27.3 Å². The summed E-state index contributed by atoms with van der Waals surface area (Å²) in [6.45, 7) is 0. The van der Waals surface area contributed by atoms with Crippen LogP contribution in [-0.4, -0.2) is 20.1 Å². The zero-order chi connectivity index (χ0) is 9.84. The van der Waals surface area contributed by atoms with E-state index in [9.17, 15) is 4.79 Å². The Morgan fingerprint density at radius 3 is 2.77 bits per heavy atom. The van der Waals surface area contributed by atoms with Crippen molar-refractivity contribution in [3.63, 3.8) is 0 Å². The number of hydrogen-bond acceptors (Lipinski definition) is 4. The van der Waals surface area contributed by atoms with Crippen LogP contribution in [0.5, 0.6) is 0 Å². The molecule has 1 heterocycles. The maximum Gasteiger partial charge on any atom is 0.328 e. The first kappa shape index (κ1) is 10.7. The standard InChI is InChI=1S/C8H10BrNO2S/c1-10-7(8(11)12-2)5-3-4-6(9)13-5/h3-4,7,10H,1-2H3/t7-/m0/s1. The van der Waals surface area contributed by atoms with Gasteiger partial charge in [-0.1, -0.05) is 0 Å². The number of carbonyl (C=O) groups excluding carboxylic acids is 1. The molecule has 0 aliphatic carbocycles. The number of nitrogens with one attached hydrogen (secondary N) is 1. The van der Waals surface area contributed by atoms with E-state index in [1.165, 1.54) is 18.4 Å². The van der Waals surface area contributed by atoms with Crippen LogP contribution in [0.2, 0.25) is 0 Å². The van der Waals surface area contributed by atoms with Crippen molar-refractivity contribution in [3.8, 4) is 0 Å². The highest BCUT2D eigenvalue weighted by atomic mass is 79.9. The van der Waals surface area contributed by atoms with Gasteiger partial charge in [-0.25, -0.2) is 4.79 Å². The summed E-state index contributed by atoms with van der Waals surface area (Å²) in [5, 5.41) is 2.90. The Bertz CT molecular complexity index is 300. The number of hydrogen-bond donors (Lipinski definition) is 1. The first-order valence-electron chi connectivity index (χ1n) is 3.69. The van der Waals surface area contributed by atoms with Gasteiger partial charge in [-0.2, -0.15) is 0 Å². The molecule has 1 aromatic rings. The van der Waals surface area contributed by atoms with Crippen molar-refractivity contribution in [2.75, 3.05) is 14.2 Å². The number of carbonyl (C=O) groups is 1. The van der Waals surface area contributed by atoms with Gasteiger partial charge < -0.3 is 10.1 Å². The van der Waals surface area contributed by atoms with Gasteiger partial charge in [0.2, 0.25) is 0 Å². The van der Waals surface area contributed by atoms with E-state index < -0.39 is 0 Å². The van der Waals surface area contributed by atoms with Crippen LogP contribution in [0, 0.1) is 0 Å². The minimum absolute atomic E-state index is 0.267. The average molecular weight is 264 g/mol. The van der Waals surface area contributed by atoms with Crippen LogP contribution in [0.25, 0.3) is 0 Å². The van der Waals surface area contributed by atoms with E-state index >= 15 is 0 Å². The minimum atomic E-state index is -0.360. The Balaban J connectivity index is 2.84. The van der Waals surface area contributed by atoms with Crippen molar-refractivity contribution in [1.82, 2.24) is 5.32 Å². The molecule has 1 rings (SSSR count). The first-order chi connectivity index (χ1) is 6.19. The predicted octanol–water partition coefficient (Wildman–Crippen LogP) is 1.94. The van der Waals surface area contributed by atoms with Crippen LogP contribution in [-0.2, 0) is 9.53 Å². The van der Waals surface area contributed by atoms with Crippen molar-refractivity contribution in [1.29, 1.82) is 0 Å². The second-order valence-electron chi connectivity index (χ2n) is 2.39. The second-order valence-corrected chi connectivity index (χ2v) is 4.88. The number of thiophene rings is 1. The van der Waals surface area contributed by atoms with Crippen molar-refractivity contribution in [3.05, 3.63) is 20.8 Å². The summed E-state index contributed by atoms with van der Waals surface area (Å²) in [7, 11) is 3.12. The normalized spacial score (nSPS) is 12.5. The molecule has 0 radical (unpaired) electrons. The predicted molar refractivity (Wildman–Crippen MR) is 55.8 cm³/mol. The topological polar surface area (TPSA) is 38.3 Å². The van der Waals surface area contributed by atoms with Gasteiger partial charge in [-0.15, -0.1) is 11.3 Å². The molecule has 0 aromatic carbocycles. The zero-order valence-corrected chi connectivity index (χ0v) is 9.74. The molecule has 13 heavy (non-hydrogen) atoms. The van der Waals surface area contributed by atoms with Gasteiger partial charge in [0.1, 0.15) is 6.04 Å². The Hall–Kier alpha value is -0.390. The Labute approximate surface area is 89.2 Å². The van der Waals surface area contributed by atoms with E-state index in [1.807, 2.05) is 12.1 Å². The van der Waals surface area contributed by atoms with Crippen LogP contribution in [0.15, 0.2) is 15.9 Å². The third-order valence-corrected chi connectivity index (χ3v) is 3.29. The number of halogens is 1. The largest absolute Gasteiger partial charge is 0.468 e. The lowest BCUT2D eigenvalue weighted by Gasteiger charge is -2.10. The molecule has 0 fully saturated rings. The van der Waals surface area contributed by atoms with Gasteiger partial charge in [0.15, 0.2) is 0 Å². The minimum Gasteiger partial charge on any atom is -0.468 e. The SMILES string of the molecule is CN[C@H](C(=O)OC)c1ccc(Br)s1. The number of esters is 1. The van der Waals surface area contributed by atoms with E-state index in [4.69, 9.17) is 0 Å². The van der Waals surface area contributed by atoms with Gasteiger partial charge in [0, 0.05) is 4.88 Å². The molecule has 3 nitrogen and oxygen atoms in total. The number of methoxy groups -OCH3 is 1. The maximum absolute atomic E-state index is 11.3. The highest BCUT2D eigenvalue weighted by Gasteiger charge is 2.20. The molecule has 0 bridgehead atoms. The lowest BCUT2D eigenvalue weighted by Crippen LogP contribution is -2.25. The fourth-order valence-electron chi connectivity index (χ4n) is 0.978. The van der Waals surface area contributed by atoms with Crippen LogP contribution in [0.1, 0.15) is 10.9 Å². The highest BCUT2D eigenvalue weighted by Crippen LogP contribution is 2.27. The maximum atomic E-state index is 11.3. The average Bonchev–Trinajstić information content (AvgIpc) is 2.53. The van der Waals surface area contributed by atoms with Gasteiger partial charge in [-0.3, -0.25) is 0 Å². The molecular weight excluding hydrogens is 254 g/mol. The molecule has 5 heteroatoms. The van der Waals surface area contributed by atoms with E-state index in [-0.39, 0.29) is 12.0 Å². The van der Waals surface area contributed by atoms with E-state index in [0.29, 0.717) is 0 Å². The van der Waals surface area contributed by atoms with Crippen molar-refractivity contribution < 1.29 is 9.53 Å². The highest BCUT2D eigenvalue weighted by molar-refractivity contribution is 9.11. The smallest absolute Gasteiger partial charge is 0.328 e.